The second-order valence-corrected chi connectivity index (χ2v) is 11.8. The van der Waals surface area contributed by atoms with Crippen LogP contribution in [0.15, 0.2) is 0 Å². The molecule has 3 aliphatic carbocycles. The maximum Gasteiger partial charge on any atom is 0.114 e. The van der Waals surface area contributed by atoms with Crippen molar-refractivity contribution in [2.75, 3.05) is 0 Å². The first kappa shape index (κ1) is 26.1. The zero-order valence-corrected chi connectivity index (χ0v) is 21.6. The molecule has 0 N–H and O–H groups in total. The summed E-state index contributed by atoms with van der Waals surface area (Å²) in [6.45, 7) is 4.56. The number of unbranched alkanes of at least 4 members (excludes halogenated alkanes) is 5. The van der Waals surface area contributed by atoms with Crippen molar-refractivity contribution in [2.24, 2.45) is 35.5 Å². The van der Waals surface area contributed by atoms with Gasteiger partial charge in [0.2, 0.25) is 0 Å². The molecule has 184 valence electrons. The Hall–Kier alpha value is -0.510. The van der Waals surface area contributed by atoms with E-state index in [1.807, 2.05) is 0 Å². The van der Waals surface area contributed by atoms with E-state index in [9.17, 15) is 4.39 Å². The van der Waals surface area contributed by atoms with E-state index in [4.69, 9.17) is 0 Å². The lowest BCUT2D eigenvalue weighted by atomic mass is 9.68. The molecule has 0 radical (unpaired) electrons. The summed E-state index contributed by atoms with van der Waals surface area (Å²) >= 11 is 0. The van der Waals surface area contributed by atoms with Gasteiger partial charge >= 0.3 is 0 Å². The molecule has 3 unspecified atom stereocenters. The van der Waals surface area contributed by atoms with Crippen molar-refractivity contribution in [2.45, 2.75) is 148 Å². The normalized spacial score (nSPS) is 35.8. The summed E-state index contributed by atoms with van der Waals surface area (Å²) in [5.41, 5.74) is 0. The summed E-state index contributed by atoms with van der Waals surface area (Å²) in [5.74, 6) is 11.2. The van der Waals surface area contributed by atoms with Gasteiger partial charge in [-0.25, -0.2) is 4.39 Å². The second-order valence-electron chi connectivity index (χ2n) is 11.8. The number of hydrogen-bond donors (Lipinski definition) is 0. The van der Waals surface area contributed by atoms with Gasteiger partial charge in [0.15, 0.2) is 0 Å². The summed E-state index contributed by atoms with van der Waals surface area (Å²) in [6.07, 6.45) is 25.9. The lowest BCUT2D eigenvalue weighted by Crippen LogP contribution is -2.26. The molecule has 3 fully saturated rings. The zero-order valence-electron chi connectivity index (χ0n) is 21.6. The van der Waals surface area contributed by atoms with Gasteiger partial charge in [0.25, 0.3) is 0 Å². The van der Waals surface area contributed by atoms with Crippen molar-refractivity contribution in [3.63, 3.8) is 0 Å². The topological polar surface area (TPSA) is 0 Å². The van der Waals surface area contributed by atoms with Gasteiger partial charge in [-0.1, -0.05) is 96.3 Å². The van der Waals surface area contributed by atoms with E-state index in [2.05, 4.69) is 25.7 Å². The van der Waals surface area contributed by atoms with Gasteiger partial charge in [-0.15, -0.1) is 0 Å². The van der Waals surface area contributed by atoms with Crippen LogP contribution in [0.3, 0.4) is 0 Å². The van der Waals surface area contributed by atoms with Gasteiger partial charge in [0.05, 0.1) is 5.92 Å². The summed E-state index contributed by atoms with van der Waals surface area (Å²) < 4.78 is 14.7. The Bertz CT molecular complexity index is 541. The monoisotopic (exact) mass is 444 g/mol. The van der Waals surface area contributed by atoms with E-state index in [1.54, 1.807) is 0 Å². The predicted molar refractivity (Wildman–Crippen MR) is 137 cm³/mol. The van der Waals surface area contributed by atoms with Crippen LogP contribution in [0.5, 0.6) is 0 Å². The zero-order chi connectivity index (χ0) is 22.6. The Morgan fingerprint density at radius 1 is 0.594 bits per heavy atom. The summed E-state index contributed by atoms with van der Waals surface area (Å²) in [5, 5.41) is 0. The SMILES string of the molecule is CCCCCCC1CCC(C2CCC(C#CC3CCC(CCCCC)CC3F)CC2)CC1. The minimum Gasteiger partial charge on any atom is -0.246 e. The fourth-order valence-electron chi connectivity index (χ4n) is 7.07. The van der Waals surface area contributed by atoms with Gasteiger partial charge in [0.1, 0.15) is 6.17 Å². The maximum absolute atomic E-state index is 14.7. The molecule has 1 heteroatoms. The van der Waals surface area contributed by atoms with E-state index in [0.29, 0.717) is 11.8 Å². The molecule has 0 aromatic heterocycles. The molecule has 0 bridgehead atoms. The van der Waals surface area contributed by atoms with Crippen LogP contribution in [0, 0.1) is 47.3 Å². The van der Waals surface area contributed by atoms with Crippen LogP contribution in [-0.4, -0.2) is 6.17 Å². The third kappa shape index (κ3) is 8.69. The molecule has 3 rings (SSSR count). The molecule has 0 nitrogen and oxygen atoms in total. The summed E-state index contributed by atoms with van der Waals surface area (Å²) in [4.78, 5) is 0. The van der Waals surface area contributed by atoms with Crippen LogP contribution in [0.25, 0.3) is 0 Å². The van der Waals surface area contributed by atoms with Crippen LogP contribution in [0.1, 0.15) is 142 Å². The molecule has 0 aliphatic heterocycles. The molecule has 0 spiro atoms. The fraction of sp³-hybridized carbons (Fsp3) is 0.935. The Kier molecular flexibility index (Phi) is 12.0. The van der Waals surface area contributed by atoms with Gasteiger partial charge in [0, 0.05) is 5.92 Å². The molecule has 0 heterocycles. The van der Waals surface area contributed by atoms with Crippen LogP contribution in [-0.2, 0) is 0 Å². The Morgan fingerprint density at radius 2 is 1.16 bits per heavy atom. The minimum atomic E-state index is -0.670. The van der Waals surface area contributed by atoms with E-state index in [0.717, 1.165) is 30.6 Å². The number of hydrogen-bond acceptors (Lipinski definition) is 0. The molecule has 0 saturated heterocycles. The largest absolute Gasteiger partial charge is 0.246 e. The van der Waals surface area contributed by atoms with Crippen molar-refractivity contribution in [1.29, 1.82) is 0 Å². The predicted octanol–water partition coefficient (Wildman–Crippen LogP) is 9.91. The van der Waals surface area contributed by atoms with Gasteiger partial charge in [-0.2, -0.15) is 0 Å². The summed E-state index contributed by atoms with van der Waals surface area (Å²) in [7, 11) is 0. The van der Waals surface area contributed by atoms with Crippen LogP contribution in [0.4, 0.5) is 4.39 Å². The smallest absolute Gasteiger partial charge is 0.114 e. The third-order valence-electron chi connectivity index (χ3n) is 9.37. The molecule has 0 amide bonds. The number of alkyl halides is 1. The van der Waals surface area contributed by atoms with Crippen LogP contribution in [0.2, 0.25) is 0 Å². The molecular formula is C31H53F. The highest BCUT2D eigenvalue weighted by Crippen LogP contribution is 2.42. The van der Waals surface area contributed by atoms with Crippen molar-refractivity contribution in [3.8, 4) is 11.8 Å². The van der Waals surface area contributed by atoms with E-state index < -0.39 is 6.17 Å². The average molecular weight is 445 g/mol. The Balaban J connectivity index is 1.31. The first-order chi connectivity index (χ1) is 15.7. The van der Waals surface area contributed by atoms with Gasteiger partial charge < -0.3 is 0 Å². The highest BCUT2D eigenvalue weighted by Gasteiger charge is 2.31. The lowest BCUT2D eigenvalue weighted by Gasteiger charge is -2.37. The highest BCUT2D eigenvalue weighted by molar-refractivity contribution is 5.11. The quantitative estimate of drug-likeness (QED) is 0.232. The Labute approximate surface area is 200 Å². The Morgan fingerprint density at radius 3 is 1.81 bits per heavy atom. The number of rotatable bonds is 10. The molecular weight excluding hydrogens is 391 g/mol. The first-order valence-corrected chi connectivity index (χ1v) is 14.8. The number of halogens is 1. The van der Waals surface area contributed by atoms with E-state index in [-0.39, 0.29) is 5.92 Å². The van der Waals surface area contributed by atoms with Gasteiger partial charge in [-0.3, -0.25) is 0 Å². The van der Waals surface area contributed by atoms with Crippen LogP contribution < -0.4 is 0 Å². The van der Waals surface area contributed by atoms with E-state index in [1.165, 1.54) is 116 Å². The standard InChI is InChI=1S/C31H53F/c1-3-5-7-9-10-25-12-18-28(19-13-25)29-20-14-26(15-21-29)16-22-30-23-17-27(24-31(30)32)11-8-6-4-2/h25-31H,3-15,17-21,23-24H2,1-2H3. The highest BCUT2D eigenvalue weighted by atomic mass is 19.1. The molecule has 3 atom stereocenters. The van der Waals surface area contributed by atoms with Crippen molar-refractivity contribution < 1.29 is 4.39 Å². The molecule has 0 aromatic rings. The fourth-order valence-corrected chi connectivity index (χ4v) is 7.07. The molecule has 32 heavy (non-hydrogen) atoms. The van der Waals surface area contributed by atoms with Crippen molar-refractivity contribution in [1.82, 2.24) is 0 Å². The molecule has 3 saturated carbocycles. The molecule has 0 aromatic carbocycles. The van der Waals surface area contributed by atoms with Crippen LogP contribution >= 0.6 is 0 Å². The second kappa shape index (κ2) is 14.7. The van der Waals surface area contributed by atoms with Crippen molar-refractivity contribution in [3.05, 3.63) is 0 Å². The molecule has 3 aliphatic rings. The van der Waals surface area contributed by atoms with E-state index >= 15 is 0 Å². The van der Waals surface area contributed by atoms with Crippen molar-refractivity contribution >= 4 is 0 Å². The van der Waals surface area contributed by atoms with Gasteiger partial charge in [-0.05, 0) is 81.5 Å². The maximum atomic E-state index is 14.7. The first-order valence-electron chi connectivity index (χ1n) is 14.8. The summed E-state index contributed by atoms with van der Waals surface area (Å²) in [6, 6.07) is 0. The minimum absolute atomic E-state index is 0.0303. The lowest BCUT2D eigenvalue weighted by molar-refractivity contribution is 0.149. The third-order valence-corrected chi connectivity index (χ3v) is 9.37. The average Bonchev–Trinajstić information content (AvgIpc) is 2.82.